The molecule has 2 saturated heterocycles. The van der Waals surface area contributed by atoms with Crippen LogP contribution in [0.3, 0.4) is 0 Å². The van der Waals surface area contributed by atoms with Gasteiger partial charge in [-0.25, -0.2) is 0 Å². The molecule has 0 N–H and O–H groups in total. The summed E-state index contributed by atoms with van der Waals surface area (Å²) < 4.78 is 44.4. The zero-order chi connectivity index (χ0) is 15.9. The SMILES string of the molecule is CN1CC2CN(C)CC(C1)C2Oc1cccc(C(F)(F)F)c1.Cl.Cl. The van der Waals surface area contributed by atoms with E-state index < -0.39 is 11.7 Å². The Labute approximate surface area is 153 Å². The van der Waals surface area contributed by atoms with Crippen LogP contribution >= 0.6 is 24.8 Å². The number of likely N-dealkylation sites (tertiary alicyclic amines) is 2. The van der Waals surface area contributed by atoms with Crippen LogP contribution in [0.2, 0.25) is 0 Å². The monoisotopic (exact) mass is 386 g/mol. The highest BCUT2D eigenvalue weighted by Crippen LogP contribution is 2.34. The summed E-state index contributed by atoms with van der Waals surface area (Å²) in [5.74, 6) is 0.984. The predicted octanol–water partition coefficient (Wildman–Crippen LogP) is 3.42. The number of nitrogens with zero attached hydrogens (tertiary/aromatic N) is 2. The van der Waals surface area contributed by atoms with Crippen molar-refractivity contribution in [2.24, 2.45) is 11.8 Å². The van der Waals surface area contributed by atoms with Crippen LogP contribution in [0.5, 0.6) is 5.75 Å². The topological polar surface area (TPSA) is 15.7 Å². The second-order valence-electron chi connectivity index (χ2n) is 6.57. The van der Waals surface area contributed by atoms with Crippen molar-refractivity contribution < 1.29 is 17.9 Å². The van der Waals surface area contributed by atoms with E-state index in [1.54, 1.807) is 6.07 Å². The van der Waals surface area contributed by atoms with Gasteiger partial charge in [0.15, 0.2) is 0 Å². The van der Waals surface area contributed by atoms with Crippen LogP contribution in [0.15, 0.2) is 24.3 Å². The van der Waals surface area contributed by atoms with Crippen molar-refractivity contribution in [3.63, 3.8) is 0 Å². The molecular weight excluding hydrogens is 364 g/mol. The fourth-order valence-corrected chi connectivity index (χ4v) is 3.76. The Morgan fingerprint density at radius 1 is 0.958 bits per heavy atom. The molecule has 0 unspecified atom stereocenters. The van der Waals surface area contributed by atoms with Crippen molar-refractivity contribution in [2.75, 3.05) is 40.3 Å². The van der Waals surface area contributed by atoms with Crippen LogP contribution in [-0.2, 0) is 6.18 Å². The van der Waals surface area contributed by atoms with Gasteiger partial charge in [-0.3, -0.25) is 0 Å². The third-order valence-electron chi connectivity index (χ3n) is 4.55. The maximum Gasteiger partial charge on any atom is 0.416 e. The Morgan fingerprint density at radius 2 is 1.46 bits per heavy atom. The van der Waals surface area contributed by atoms with E-state index in [1.807, 2.05) is 0 Å². The molecule has 24 heavy (non-hydrogen) atoms. The van der Waals surface area contributed by atoms with Gasteiger partial charge in [-0.15, -0.1) is 24.8 Å². The van der Waals surface area contributed by atoms with E-state index in [2.05, 4.69) is 23.9 Å². The van der Waals surface area contributed by atoms with Crippen molar-refractivity contribution in [3.05, 3.63) is 29.8 Å². The van der Waals surface area contributed by atoms with Crippen LogP contribution in [0.1, 0.15) is 5.56 Å². The molecule has 2 bridgehead atoms. The lowest BCUT2D eigenvalue weighted by molar-refractivity contribution is -0.137. The number of piperidine rings is 2. The fraction of sp³-hybridized carbons (Fsp3) is 0.625. The summed E-state index contributed by atoms with van der Waals surface area (Å²) >= 11 is 0. The van der Waals surface area contributed by atoms with Crippen molar-refractivity contribution >= 4 is 24.8 Å². The molecule has 3 rings (SSSR count). The van der Waals surface area contributed by atoms with E-state index in [4.69, 9.17) is 4.74 Å². The van der Waals surface area contributed by atoms with Crippen molar-refractivity contribution in [2.45, 2.75) is 12.3 Å². The molecule has 0 radical (unpaired) electrons. The zero-order valence-corrected chi connectivity index (χ0v) is 15.3. The molecule has 3 nitrogen and oxygen atoms in total. The lowest BCUT2D eigenvalue weighted by Crippen LogP contribution is -2.60. The minimum absolute atomic E-state index is 0. The molecule has 0 aliphatic carbocycles. The number of ether oxygens (including phenoxy) is 1. The maximum atomic E-state index is 12.8. The van der Waals surface area contributed by atoms with Gasteiger partial charge in [-0.05, 0) is 32.3 Å². The molecule has 0 spiro atoms. The summed E-state index contributed by atoms with van der Waals surface area (Å²) in [4.78, 5) is 4.57. The molecule has 138 valence electrons. The molecule has 1 aromatic carbocycles. The number of halogens is 5. The van der Waals surface area contributed by atoms with Gasteiger partial charge in [0.25, 0.3) is 0 Å². The summed E-state index contributed by atoms with van der Waals surface area (Å²) in [5.41, 5.74) is -0.653. The second kappa shape index (κ2) is 8.13. The van der Waals surface area contributed by atoms with Crippen molar-refractivity contribution in [3.8, 4) is 5.75 Å². The van der Waals surface area contributed by atoms with Gasteiger partial charge in [0, 0.05) is 38.0 Å². The molecule has 1 aromatic rings. The van der Waals surface area contributed by atoms with Gasteiger partial charge >= 0.3 is 6.18 Å². The largest absolute Gasteiger partial charge is 0.490 e. The molecule has 2 fully saturated rings. The Morgan fingerprint density at radius 3 is 1.92 bits per heavy atom. The second-order valence-corrected chi connectivity index (χ2v) is 6.57. The average molecular weight is 387 g/mol. The first-order chi connectivity index (χ1) is 10.3. The zero-order valence-electron chi connectivity index (χ0n) is 13.6. The Hall–Kier alpha value is -0.690. The van der Waals surface area contributed by atoms with Crippen LogP contribution in [0, 0.1) is 11.8 Å². The van der Waals surface area contributed by atoms with E-state index >= 15 is 0 Å². The van der Waals surface area contributed by atoms with Crippen LogP contribution in [0.4, 0.5) is 13.2 Å². The standard InChI is InChI=1S/C16H21F3N2O.2ClH/c1-20-7-11-9-21(2)10-12(8-20)15(11)22-14-5-3-4-13(6-14)16(17,18)19;;/h3-6,11-12,15H,7-10H2,1-2H3;2*1H. The molecule has 0 saturated carbocycles. The number of rotatable bonds is 2. The lowest BCUT2D eigenvalue weighted by Gasteiger charge is -2.48. The maximum absolute atomic E-state index is 12.8. The first kappa shape index (κ1) is 21.4. The highest BCUT2D eigenvalue weighted by atomic mass is 35.5. The quantitative estimate of drug-likeness (QED) is 0.774. The third-order valence-corrected chi connectivity index (χ3v) is 4.55. The third kappa shape index (κ3) is 4.69. The molecule has 2 heterocycles. The van der Waals surface area contributed by atoms with E-state index in [9.17, 15) is 13.2 Å². The first-order valence-corrected chi connectivity index (χ1v) is 7.54. The van der Waals surface area contributed by atoms with Gasteiger partial charge < -0.3 is 14.5 Å². The Balaban J connectivity index is 0.00000144. The molecule has 2 aliphatic heterocycles. The van der Waals surface area contributed by atoms with Gasteiger partial charge in [0.2, 0.25) is 0 Å². The van der Waals surface area contributed by atoms with Crippen LogP contribution in [0.25, 0.3) is 0 Å². The summed E-state index contributed by atoms with van der Waals surface area (Å²) in [6.07, 6.45) is -4.33. The van der Waals surface area contributed by atoms with Gasteiger partial charge in [-0.1, -0.05) is 6.07 Å². The lowest BCUT2D eigenvalue weighted by atomic mass is 9.82. The first-order valence-electron chi connectivity index (χ1n) is 7.54. The molecule has 2 aliphatic rings. The summed E-state index contributed by atoms with van der Waals surface area (Å²) in [6, 6.07) is 5.22. The number of hydrogen-bond acceptors (Lipinski definition) is 3. The highest BCUT2D eigenvalue weighted by molar-refractivity contribution is 5.85. The minimum Gasteiger partial charge on any atom is -0.490 e. The number of fused-ring (bicyclic) bond motifs is 2. The number of hydrogen-bond donors (Lipinski definition) is 0. The fourth-order valence-electron chi connectivity index (χ4n) is 3.76. The van der Waals surface area contributed by atoms with Crippen LogP contribution < -0.4 is 4.74 Å². The molecule has 0 atom stereocenters. The number of alkyl halides is 3. The molecule has 0 amide bonds. The summed E-state index contributed by atoms with van der Waals surface area (Å²) in [7, 11) is 4.18. The average Bonchev–Trinajstić information content (AvgIpc) is 2.40. The van der Waals surface area contributed by atoms with Gasteiger partial charge in [0.1, 0.15) is 11.9 Å². The minimum atomic E-state index is -4.33. The summed E-state index contributed by atoms with van der Waals surface area (Å²) in [5, 5.41) is 0. The van der Waals surface area contributed by atoms with E-state index in [0.717, 1.165) is 38.3 Å². The van der Waals surface area contributed by atoms with E-state index in [-0.39, 0.29) is 30.9 Å². The Kier molecular flexibility index (Phi) is 7.23. The number of benzene rings is 1. The van der Waals surface area contributed by atoms with Crippen molar-refractivity contribution in [1.29, 1.82) is 0 Å². The van der Waals surface area contributed by atoms with Gasteiger partial charge in [-0.2, -0.15) is 13.2 Å². The van der Waals surface area contributed by atoms with Crippen molar-refractivity contribution in [1.82, 2.24) is 9.80 Å². The van der Waals surface area contributed by atoms with Crippen LogP contribution in [-0.4, -0.2) is 56.2 Å². The smallest absolute Gasteiger partial charge is 0.416 e. The summed E-state index contributed by atoms with van der Waals surface area (Å²) in [6.45, 7) is 3.68. The van der Waals surface area contributed by atoms with E-state index in [1.165, 1.54) is 6.07 Å². The Bertz CT molecular complexity index is 514. The van der Waals surface area contributed by atoms with Gasteiger partial charge in [0.05, 0.1) is 5.56 Å². The predicted molar refractivity (Wildman–Crippen MR) is 92.3 cm³/mol. The van der Waals surface area contributed by atoms with E-state index in [0.29, 0.717) is 17.6 Å². The normalized spacial score (nSPS) is 27.8. The molecule has 0 aromatic heterocycles. The molecular formula is C16H23Cl2F3N2O. The molecule has 8 heteroatoms. The highest BCUT2D eigenvalue weighted by Gasteiger charge is 2.42.